The zero-order valence-corrected chi connectivity index (χ0v) is 43.6. The first-order valence-corrected chi connectivity index (χ1v) is 30.7. The molecule has 0 aliphatic carbocycles. The van der Waals surface area contributed by atoms with Crippen molar-refractivity contribution >= 4 is 88.5 Å². The summed E-state index contributed by atoms with van der Waals surface area (Å²) in [5, 5.41) is 0. The Balaban J connectivity index is -0.000000440. The van der Waals surface area contributed by atoms with E-state index in [1.807, 2.05) is 27.7 Å². The van der Waals surface area contributed by atoms with Crippen molar-refractivity contribution in [3.05, 3.63) is 24.3 Å². The van der Waals surface area contributed by atoms with Gasteiger partial charge in [0.25, 0.3) is 11.9 Å². The first kappa shape index (κ1) is 61.6. The van der Waals surface area contributed by atoms with Crippen molar-refractivity contribution in [2.24, 2.45) is 16.7 Å². The molecule has 1 N–H and O–H groups in total. The Labute approximate surface area is 359 Å². The topological polar surface area (TPSA) is 177 Å². The van der Waals surface area contributed by atoms with E-state index in [2.05, 4.69) is 13.2 Å². The fourth-order valence-electron chi connectivity index (χ4n) is 4.74. The van der Waals surface area contributed by atoms with E-state index in [1.165, 1.54) is 12.8 Å². The van der Waals surface area contributed by atoms with Gasteiger partial charge in [-0.05, 0) is 126 Å². The number of hydrogen-bond donors (Lipinski definition) is 1. The number of carbonyl (C=O) groups excluding carboxylic acids is 5. The van der Waals surface area contributed by atoms with Gasteiger partial charge in [0.05, 0.1) is 10.8 Å². The number of hydrogen-bond acceptors (Lipinski definition) is 13. The van der Waals surface area contributed by atoms with Crippen LogP contribution in [-0.2, 0) is 54.6 Å². The van der Waals surface area contributed by atoms with Crippen LogP contribution in [0.1, 0.15) is 87.5 Å². The fraction of sp³-hybridized carbons (Fsp3) is 0.757. The Morgan fingerprint density at radius 2 is 1.00 bits per heavy atom. The number of nitrogens with zero attached hydrogens (tertiary/aromatic N) is 1. The van der Waals surface area contributed by atoms with E-state index in [1.54, 1.807) is 115 Å². The number of carbonyl (C=O) groups is 5. The first-order chi connectivity index (χ1) is 25.2. The van der Waals surface area contributed by atoms with Crippen molar-refractivity contribution in [1.82, 2.24) is 4.90 Å². The molecule has 0 aromatic rings. The zero-order chi connectivity index (χ0) is 45.1. The van der Waals surface area contributed by atoms with E-state index in [9.17, 15) is 24.0 Å². The third-order valence-electron chi connectivity index (χ3n) is 7.89. The molecule has 4 radical (unpaired) electrons. The van der Waals surface area contributed by atoms with Crippen molar-refractivity contribution < 1.29 is 54.6 Å². The van der Waals surface area contributed by atoms with Crippen LogP contribution in [0.25, 0.3) is 0 Å². The van der Waals surface area contributed by atoms with Gasteiger partial charge in [0.2, 0.25) is 5.91 Å². The molecule has 0 aromatic heterocycles. The molecule has 326 valence electrons. The van der Waals surface area contributed by atoms with Crippen LogP contribution in [0, 0.1) is 21.1 Å². The first-order valence-electron chi connectivity index (χ1n) is 18.9. The average molecular weight is 889 g/mol. The van der Waals surface area contributed by atoms with Gasteiger partial charge in [0, 0.05) is 52.8 Å². The van der Waals surface area contributed by atoms with Crippen molar-refractivity contribution in [2.75, 3.05) is 27.3 Å². The molecule has 1 rings (SSSR count). The van der Waals surface area contributed by atoms with E-state index in [-0.39, 0.29) is 26.2 Å². The molecule has 0 saturated carbocycles. The quantitative estimate of drug-likeness (QED) is 0.113. The Bertz CT molecular complexity index is 1300. The van der Waals surface area contributed by atoms with Crippen molar-refractivity contribution in [3.8, 4) is 0 Å². The Morgan fingerprint density at radius 1 is 0.684 bits per heavy atom. The molecular formula is C37H74AlBN2O12Si4. The Morgan fingerprint density at radius 3 is 1.25 bits per heavy atom. The predicted molar refractivity (Wildman–Crippen MR) is 235 cm³/mol. The van der Waals surface area contributed by atoms with Gasteiger partial charge in [-0.25, -0.2) is 9.59 Å². The molecule has 0 spiro atoms. The third kappa shape index (κ3) is 27.4. The summed E-state index contributed by atoms with van der Waals surface area (Å²) in [4.78, 5) is 62.3. The minimum atomic E-state index is -2.92. The van der Waals surface area contributed by atoms with E-state index in [0.29, 0.717) is 30.4 Å². The van der Waals surface area contributed by atoms with Gasteiger partial charge in [-0.3, -0.25) is 14.4 Å². The predicted octanol–water partition coefficient (Wildman–Crippen LogP) is 7.44. The van der Waals surface area contributed by atoms with Gasteiger partial charge < -0.3 is 35.6 Å². The molecule has 0 bridgehead atoms. The Kier molecular flexibility index (Phi) is 29.1. The van der Waals surface area contributed by atoms with Crippen LogP contribution >= 0.6 is 0 Å². The van der Waals surface area contributed by atoms with Crippen LogP contribution in [-0.4, -0.2) is 121 Å². The van der Waals surface area contributed by atoms with E-state index in [4.69, 9.17) is 35.0 Å². The molecule has 1 heterocycles. The maximum atomic E-state index is 13.0. The molecule has 1 saturated heterocycles. The number of ether oxygens (including phenoxy) is 1. The molecular weight excluding hydrogens is 815 g/mol. The number of rotatable bonds is 17. The van der Waals surface area contributed by atoms with Gasteiger partial charge in [0.15, 0.2) is 0 Å². The average Bonchev–Trinajstić information content (AvgIpc) is 3.63. The van der Waals surface area contributed by atoms with Gasteiger partial charge in [0.1, 0.15) is 0 Å². The molecule has 1 aliphatic rings. The zero-order valence-electron chi connectivity index (χ0n) is 38.4. The van der Waals surface area contributed by atoms with E-state index < -0.39 is 63.0 Å². The summed E-state index contributed by atoms with van der Waals surface area (Å²) >= 11 is 1.67. The second-order valence-corrected chi connectivity index (χ2v) is 30.6. The molecule has 1 atom stereocenters. The van der Waals surface area contributed by atoms with Crippen LogP contribution in [0.5, 0.6) is 0 Å². The van der Waals surface area contributed by atoms with Crippen LogP contribution in [0.2, 0.25) is 52.4 Å². The standard InChI is InChI=1S/C21H43NO6Si2.C12H22O5Si2.C4H8O.Al.B.HN/c1-13-16(17(23)22(7)8)15-21(5,6)19(25)27-30(11,12)28-29(9,10)26-18(24)20(3,4)14-2;1-9(2)11(13)15-18(5,6)17-19(7,8)16-12(14)10(3)4;1-2-4-5-3-1;;;/h16H,13-15H2,1-12H3;1,3H2,2,4-8H3;1-4H2;;;1H. The molecule has 1 aliphatic heterocycles. The summed E-state index contributed by atoms with van der Waals surface area (Å²) in [5.74, 6) is -1.93. The monoisotopic (exact) mass is 888 g/mol. The molecule has 57 heavy (non-hydrogen) atoms. The minimum absolute atomic E-state index is 0. The van der Waals surface area contributed by atoms with Crippen molar-refractivity contribution in [2.45, 2.75) is 140 Å². The number of nitrogens with one attached hydrogen (secondary N) is 1. The van der Waals surface area contributed by atoms with E-state index in [0.717, 1.165) is 13.2 Å². The summed E-state index contributed by atoms with van der Waals surface area (Å²) in [7, 11) is -7.78. The van der Waals surface area contributed by atoms with Crippen LogP contribution < -0.4 is 0 Å². The summed E-state index contributed by atoms with van der Waals surface area (Å²) in [6.45, 7) is 37.3. The fourth-order valence-corrected chi connectivity index (χ4v) is 17.6. The van der Waals surface area contributed by atoms with Crippen LogP contribution in [0.4, 0.5) is 0 Å². The van der Waals surface area contributed by atoms with Crippen LogP contribution in [0.3, 0.4) is 0 Å². The van der Waals surface area contributed by atoms with Gasteiger partial charge >= 0.3 is 66.6 Å². The van der Waals surface area contributed by atoms with Crippen LogP contribution in [0.15, 0.2) is 24.3 Å². The Hall–Kier alpha value is -2.03. The summed E-state index contributed by atoms with van der Waals surface area (Å²) in [6.07, 6.45) is 4.25. The molecule has 20 heteroatoms. The molecule has 1 fully saturated rings. The van der Waals surface area contributed by atoms with Gasteiger partial charge in [-0.2, -0.15) is 0 Å². The third-order valence-corrected chi connectivity index (χ3v) is 18.5. The van der Waals surface area contributed by atoms with Gasteiger partial charge in [-0.15, -0.1) is 0 Å². The van der Waals surface area contributed by atoms with E-state index >= 15 is 0 Å². The van der Waals surface area contributed by atoms with Crippen molar-refractivity contribution in [3.63, 3.8) is 0 Å². The second kappa shape index (κ2) is 26.9. The maximum absolute atomic E-state index is 13.0. The number of amides is 1. The van der Waals surface area contributed by atoms with Gasteiger partial charge in [-0.1, -0.05) is 27.0 Å². The summed E-state index contributed by atoms with van der Waals surface area (Å²) < 4.78 is 44.6. The SMILES string of the molecule is C1CCOC1.C=C(C)C(=O)O[Si](C)(C)O[Si](C)(C)OC(=O)C(=C)C.CCC(CC(C)(C)C(=O)O[Si](C)(C)O[Si](C)(C)OC(=O)C(C)(C)CC)C(=O)N(C)C.[B].[NH]=[Al]. The summed E-state index contributed by atoms with van der Waals surface area (Å²) in [6, 6.07) is 0. The molecule has 1 unspecified atom stereocenters. The molecule has 0 aromatic carbocycles. The van der Waals surface area contributed by atoms with Crippen molar-refractivity contribution in [1.29, 1.82) is 4.35 Å². The normalized spacial score (nSPS) is 13.5. The second-order valence-electron chi connectivity index (χ2n) is 16.9. The molecule has 1 amide bonds. The molecule has 14 nitrogen and oxygen atoms in total. The summed E-state index contributed by atoms with van der Waals surface area (Å²) in [5.41, 5.74) is -0.816.